The van der Waals surface area contributed by atoms with Crippen LogP contribution in [0, 0.1) is 5.92 Å². The Balaban J connectivity index is 2.21. The second-order valence-electron chi connectivity index (χ2n) is 6.25. The predicted molar refractivity (Wildman–Crippen MR) is 92.9 cm³/mol. The van der Waals surface area contributed by atoms with E-state index >= 15 is 0 Å². The van der Waals surface area contributed by atoms with Crippen LogP contribution in [0.25, 0.3) is 10.8 Å². The molecule has 0 heterocycles. The summed E-state index contributed by atoms with van der Waals surface area (Å²) in [6.07, 6.45) is 0. The zero-order chi connectivity index (χ0) is 17.0. The minimum atomic E-state index is -0.493. The Labute approximate surface area is 137 Å². The molecule has 4 heteroatoms. The quantitative estimate of drug-likeness (QED) is 0.923. The van der Waals surface area contributed by atoms with Crippen LogP contribution in [0.5, 0.6) is 0 Å². The summed E-state index contributed by atoms with van der Waals surface area (Å²) in [5.41, 5.74) is 1.10. The largest absolute Gasteiger partial charge is 0.344 e. The lowest BCUT2D eigenvalue weighted by molar-refractivity contribution is -0.136. The molecule has 0 aromatic heterocycles. The van der Waals surface area contributed by atoms with Crippen LogP contribution < -0.4 is 5.32 Å². The van der Waals surface area contributed by atoms with E-state index < -0.39 is 6.04 Å². The standard InChI is InChI=1S/C19H24N2O2/c1-13(2)18(20-14(3)22)19(23)21(4)12-16-10-7-9-15-8-5-6-11-17(15)16/h5-11,13,18H,12H2,1-4H3,(H,20,22)/t18-/m1/s1. The van der Waals surface area contributed by atoms with Crippen LogP contribution in [0.3, 0.4) is 0 Å². The van der Waals surface area contributed by atoms with Gasteiger partial charge in [-0.05, 0) is 22.3 Å². The highest BCUT2D eigenvalue weighted by Gasteiger charge is 2.26. The summed E-state index contributed by atoms with van der Waals surface area (Å²) in [5.74, 6) is -0.208. The van der Waals surface area contributed by atoms with Gasteiger partial charge in [0.15, 0.2) is 0 Å². The number of nitrogens with one attached hydrogen (secondary N) is 1. The Kier molecular flexibility index (Phi) is 5.37. The van der Waals surface area contributed by atoms with Crippen molar-refractivity contribution in [2.45, 2.75) is 33.4 Å². The maximum atomic E-state index is 12.7. The summed E-state index contributed by atoms with van der Waals surface area (Å²) in [6.45, 7) is 5.82. The average Bonchev–Trinajstić information content (AvgIpc) is 2.52. The summed E-state index contributed by atoms with van der Waals surface area (Å²) in [4.78, 5) is 25.7. The van der Waals surface area contributed by atoms with Gasteiger partial charge in [0, 0.05) is 20.5 Å². The highest BCUT2D eigenvalue weighted by molar-refractivity contribution is 5.88. The normalized spacial score (nSPS) is 12.2. The van der Waals surface area contributed by atoms with Crippen molar-refractivity contribution < 1.29 is 9.59 Å². The molecule has 0 fully saturated rings. The molecular weight excluding hydrogens is 288 g/mol. The van der Waals surface area contributed by atoms with Gasteiger partial charge in [0.05, 0.1) is 0 Å². The molecule has 0 bridgehead atoms. The first-order chi connectivity index (χ1) is 10.9. The molecule has 2 aromatic rings. The van der Waals surface area contributed by atoms with E-state index in [-0.39, 0.29) is 17.7 Å². The first-order valence-electron chi connectivity index (χ1n) is 7.89. The minimum absolute atomic E-state index is 0.0429. The lowest BCUT2D eigenvalue weighted by Gasteiger charge is -2.27. The second kappa shape index (κ2) is 7.27. The maximum Gasteiger partial charge on any atom is 0.245 e. The molecule has 0 aliphatic heterocycles. The third kappa shape index (κ3) is 4.09. The van der Waals surface area contributed by atoms with Crippen molar-refractivity contribution in [1.82, 2.24) is 10.2 Å². The van der Waals surface area contributed by atoms with Crippen molar-refractivity contribution >= 4 is 22.6 Å². The van der Waals surface area contributed by atoms with E-state index in [1.54, 1.807) is 11.9 Å². The first kappa shape index (κ1) is 17.0. The molecule has 4 nitrogen and oxygen atoms in total. The zero-order valence-corrected chi connectivity index (χ0v) is 14.2. The summed E-state index contributed by atoms with van der Waals surface area (Å²) in [7, 11) is 1.78. The number of carbonyl (C=O) groups excluding carboxylic acids is 2. The average molecular weight is 312 g/mol. The van der Waals surface area contributed by atoms with Gasteiger partial charge in [-0.15, -0.1) is 0 Å². The Morgan fingerprint density at radius 1 is 1.09 bits per heavy atom. The van der Waals surface area contributed by atoms with Crippen molar-refractivity contribution in [3.8, 4) is 0 Å². The van der Waals surface area contributed by atoms with Crippen LogP contribution >= 0.6 is 0 Å². The van der Waals surface area contributed by atoms with Crippen LogP contribution in [0.2, 0.25) is 0 Å². The number of nitrogens with zero attached hydrogens (tertiary/aromatic N) is 1. The number of hydrogen-bond acceptors (Lipinski definition) is 2. The Morgan fingerprint density at radius 3 is 2.39 bits per heavy atom. The van der Waals surface area contributed by atoms with Gasteiger partial charge in [0.1, 0.15) is 6.04 Å². The highest BCUT2D eigenvalue weighted by atomic mass is 16.2. The lowest BCUT2D eigenvalue weighted by atomic mass is 10.0. The molecule has 1 atom stereocenters. The summed E-state index contributed by atoms with van der Waals surface area (Å²) in [5, 5.41) is 5.06. The van der Waals surface area contributed by atoms with Gasteiger partial charge in [-0.3, -0.25) is 9.59 Å². The van der Waals surface area contributed by atoms with E-state index in [4.69, 9.17) is 0 Å². The number of fused-ring (bicyclic) bond motifs is 1. The number of likely N-dealkylation sites (N-methyl/N-ethyl adjacent to an activating group) is 1. The molecule has 2 aromatic carbocycles. The van der Waals surface area contributed by atoms with E-state index in [0.717, 1.165) is 16.3 Å². The van der Waals surface area contributed by atoms with Crippen LogP contribution in [0.15, 0.2) is 42.5 Å². The van der Waals surface area contributed by atoms with Crippen LogP contribution in [0.4, 0.5) is 0 Å². The molecule has 0 aliphatic carbocycles. The zero-order valence-electron chi connectivity index (χ0n) is 14.2. The van der Waals surface area contributed by atoms with E-state index in [1.807, 2.05) is 38.1 Å². The van der Waals surface area contributed by atoms with E-state index in [9.17, 15) is 9.59 Å². The first-order valence-corrected chi connectivity index (χ1v) is 7.89. The molecule has 0 unspecified atom stereocenters. The van der Waals surface area contributed by atoms with Crippen molar-refractivity contribution in [2.75, 3.05) is 7.05 Å². The molecule has 2 rings (SSSR count). The third-order valence-electron chi connectivity index (χ3n) is 3.96. The van der Waals surface area contributed by atoms with E-state index in [1.165, 1.54) is 6.92 Å². The number of rotatable bonds is 5. The molecule has 1 N–H and O–H groups in total. The smallest absolute Gasteiger partial charge is 0.245 e. The molecule has 0 spiro atoms. The molecule has 0 saturated heterocycles. The molecule has 2 amide bonds. The molecule has 0 aliphatic rings. The fourth-order valence-corrected chi connectivity index (χ4v) is 2.73. The number of carbonyl (C=O) groups is 2. The minimum Gasteiger partial charge on any atom is -0.344 e. The lowest BCUT2D eigenvalue weighted by Crippen LogP contribution is -2.49. The molecule has 0 saturated carbocycles. The van der Waals surface area contributed by atoms with Gasteiger partial charge in [-0.2, -0.15) is 0 Å². The predicted octanol–water partition coefficient (Wildman–Crippen LogP) is 2.96. The number of amides is 2. The van der Waals surface area contributed by atoms with E-state index in [0.29, 0.717) is 6.54 Å². The third-order valence-corrected chi connectivity index (χ3v) is 3.96. The van der Waals surface area contributed by atoms with Gasteiger partial charge in [-0.25, -0.2) is 0 Å². The van der Waals surface area contributed by atoms with Crippen molar-refractivity contribution in [3.63, 3.8) is 0 Å². The SMILES string of the molecule is CC(=O)N[C@@H](C(=O)N(C)Cc1cccc2ccccc12)C(C)C. The molecular formula is C19H24N2O2. The summed E-state index contributed by atoms with van der Waals surface area (Å²) >= 11 is 0. The van der Waals surface area contributed by atoms with Gasteiger partial charge in [-0.1, -0.05) is 56.3 Å². The van der Waals surface area contributed by atoms with Gasteiger partial charge in [0.25, 0.3) is 0 Å². The number of benzene rings is 2. The van der Waals surface area contributed by atoms with Crippen LogP contribution in [-0.4, -0.2) is 29.8 Å². The molecule has 23 heavy (non-hydrogen) atoms. The second-order valence-corrected chi connectivity index (χ2v) is 6.25. The van der Waals surface area contributed by atoms with Crippen molar-refractivity contribution in [2.24, 2.45) is 5.92 Å². The Bertz CT molecular complexity index is 704. The van der Waals surface area contributed by atoms with Crippen LogP contribution in [0.1, 0.15) is 26.3 Å². The van der Waals surface area contributed by atoms with Crippen molar-refractivity contribution in [1.29, 1.82) is 0 Å². The monoisotopic (exact) mass is 312 g/mol. The van der Waals surface area contributed by atoms with Crippen molar-refractivity contribution in [3.05, 3.63) is 48.0 Å². The molecule has 122 valence electrons. The Morgan fingerprint density at radius 2 is 1.74 bits per heavy atom. The summed E-state index contributed by atoms with van der Waals surface area (Å²) in [6, 6.07) is 13.8. The highest BCUT2D eigenvalue weighted by Crippen LogP contribution is 2.20. The summed E-state index contributed by atoms with van der Waals surface area (Å²) < 4.78 is 0. The maximum absolute atomic E-state index is 12.7. The molecule has 0 radical (unpaired) electrons. The van der Waals surface area contributed by atoms with Gasteiger partial charge < -0.3 is 10.2 Å². The van der Waals surface area contributed by atoms with Gasteiger partial charge in [0.2, 0.25) is 11.8 Å². The van der Waals surface area contributed by atoms with Crippen LogP contribution in [-0.2, 0) is 16.1 Å². The van der Waals surface area contributed by atoms with Gasteiger partial charge >= 0.3 is 0 Å². The number of hydrogen-bond donors (Lipinski definition) is 1. The Hall–Kier alpha value is -2.36. The fourth-order valence-electron chi connectivity index (χ4n) is 2.73. The fraction of sp³-hybridized carbons (Fsp3) is 0.368. The van der Waals surface area contributed by atoms with E-state index in [2.05, 4.69) is 23.5 Å². The topological polar surface area (TPSA) is 49.4 Å².